The second-order valence-electron chi connectivity index (χ2n) is 5.51. The van der Waals surface area contributed by atoms with Gasteiger partial charge < -0.3 is 4.90 Å². The molecule has 1 aliphatic heterocycles. The molecule has 0 atom stereocenters. The Bertz CT molecular complexity index is 255. The number of piperidine rings is 1. The maximum Gasteiger partial charge on any atom is 0.111 e. The van der Waals surface area contributed by atoms with Crippen molar-refractivity contribution in [3.8, 4) is 6.07 Å². The standard InChI is InChI=1S/C14H27N3/c1-5-17(6-2)14(12-15)7-9-16(10-8-14)11-13(3)4/h13H,5-11H2,1-4H3. The second kappa shape index (κ2) is 6.37. The summed E-state index contributed by atoms with van der Waals surface area (Å²) in [6, 6.07) is 2.59. The third-order valence-corrected chi connectivity index (χ3v) is 3.88. The van der Waals surface area contributed by atoms with Crippen molar-refractivity contribution in [2.24, 2.45) is 5.92 Å². The summed E-state index contributed by atoms with van der Waals surface area (Å²) in [6.45, 7) is 14.1. The molecule has 0 aromatic heterocycles. The normalized spacial score (nSPS) is 20.8. The highest BCUT2D eigenvalue weighted by Crippen LogP contribution is 2.28. The first kappa shape index (κ1) is 14.5. The zero-order chi connectivity index (χ0) is 12.9. The predicted octanol–water partition coefficient (Wildman–Crippen LogP) is 2.34. The van der Waals surface area contributed by atoms with Gasteiger partial charge in [0.2, 0.25) is 0 Å². The molecular formula is C14H27N3. The van der Waals surface area contributed by atoms with Gasteiger partial charge in [-0.25, -0.2) is 0 Å². The first-order chi connectivity index (χ1) is 8.07. The Hall–Kier alpha value is -0.590. The van der Waals surface area contributed by atoms with Crippen LogP contribution in [-0.2, 0) is 0 Å². The summed E-state index contributed by atoms with van der Waals surface area (Å²) in [5.74, 6) is 0.720. The maximum absolute atomic E-state index is 9.53. The molecule has 1 aliphatic rings. The van der Waals surface area contributed by atoms with Gasteiger partial charge in [0.1, 0.15) is 5.54 Å². The van der Waals surface area contributed by atoms with Crippen LogP contribution >= 0.6 is 0 Å². The van der Waals surface area contributed by atoms with E-state index < -0.39 is 0 Å². The van der Waals surface area contributed by atoms with Crippen LogP contribution in [0.25, 0.3) is 0 Å². The maximum atomic E-state index is 9.53. The zero-order valence-corrected chi connectivity index (χ0v) is 11.9. The molecule has 0 aromatic rings. The third-order valence-electron chi connectivity index (χ3n) is 3.88. The van der Waals surface area contributed by atoms with Gasteiger partial charge in [-0.3, -0.25) is 4.90 Å². The van der Waals surface area contributed by atoms with Gasteiger partial charge >= 0.3 is 0 Å². The van der Waals surface area contributed by atoms with E-state index in [1.807, 2.05) is 0 Å². The summed E-state index contributed by atoms with van der Waals surface area (Å²) in [4.78, 5) is 4.84. The van der Waals surface area contributed by atoms with Crippen LogP contribution in [0.1, 0.15) is 40.5 Å². The van der Waals surface area contributed by atoms with E-state index in [1.54, 1.807) is 0 Å². The molecule has 1 heterocycles. The van der Waals surface area contributed by atoms with E-state index in [1.165, 1.54) is 6.54 Å². The monoisotopic (exact) mass is 237 g/mol. The molecule has 1 saturated heterocycles. The Morgan fingerprint density at radius 1 is 1.24 bits per heavy atom. The highest BCUT2D eigenvalue weighted by Gasteiger charge is 2.38. The fraction of sp³-hybridized carbons (Fsp3) is 0.929. The minimum Gasteiger partial charge on any atom is -0.303 e. The van der Waals surface area contributed by atoms with E-state index in [-0.39, 0.29) is 5.54 Å². The van der Waals surface area contributed by atoms with Crippen molar-refractivity contribution in [2.75, 3.05) is 32.7 Å². The molecule has 0 unspecified atom stereocenters. The Morgan fingerprint density at radius 2 is 1.76 bits per heavy atom. The molecule has 0 aromatic carbocycles. The molecule has 3 nitrogen and oxygen atoms in total. The second-order valence-corrected chi connectivity index (χ2v) is 5.51. The third kappa shape index (κ3) is 3.43. The van der Waals surface area contributed by atoms with E-state index in [9.17, 15) is 5.26 Å². The lowest BCUT2D eigenvalue weighted by Gasteiger charge is -2.44. The van der Waals surface area contributed by atoms with Crippen molar-refractivity contribution in [1.82, 2.24) is 9.80 Å². The van der Waals surface area contributed by atoms with Gasteiger partial charge in [-0.2, -0.15) is 5.26 Å². The molecule has 1 rings (SSSR count). The Morgan fingerprint density at radius 3 is 2.12 bits per heavy atom. The molecule has 0 radical (unpaired) electrons. The van der Waals surface area contributed by atoms with Crippen LogP contribution in [0.15, 0.2) is 0 Å². The van der Waals surface area contributed by atoms with Crippen molar-refractivity contribution >= 4 is 0 Å². The predicted molar refractivity (Wildman–Crippen MR) is 71.8 cm³/mol. The van der Waals surface area contributed by atoms with Gasteiger partial charge in [0, 0.05) is 19.6 Å². The van der Waals surface area contributed by atoms with Crippen LogP contribution in [-0.4, -0.2) is 48.1 Å². The quantitative estimate of drug-likeness (QED) is 0.735. The van der Waals surface area contributed by atoms with Gasteiger partial charge in [-0.15, -0.1) is 0 Å². The van der Waals surface area contributed by atoms with Gasteiger partial charge in [-0.1, -0.05) is 27.7 Å². The lowest BCUT2D eigenvalue weighted by Crippen LogP contribution is -2.54. The van der Waals surface area contributed by atoms with Gasteiger partial charge in [0.05, 0.1) is 6.07 Å². The van der Waals surface area contributed by atoms with Crippen LogP contribution in [0.4, 0.5) is 0 Å². The highest BCUT2D eigenvalue weighted by molar-refractivity contribution is 5.10. The summed E-state index contributed by atoms with van der Waals surface area (Å²) in [5.41, 5.74) is -0.197. The van der Waals surface area contributed by atoms with Crippen molar-refractivity contribution in [2.45, 2.75) is 46.1 Å². The molecular weight excluding hydrogens is 210 g/mol. The molecule has 0 spiro atoms. The molecule has 17 heavy (non-hydrogen) atoms. The fourth-order valence-electron chi connectivity index (χ4n) is 2.95. The first-order valence-corrected chi connectivity index (χ1v) is 6.96. The summed E-state index contributed by atoms with van der Waals surface area (Å²) in [7, 11) is 0. The summed E-state index contributed by atoms with van der Waals surface area (Å²) in [6.07, 6.45) is 2.00. The van der Waals surface area contributed by atoms with Crippen molar-refractivity contribution in [1.29, 1.82) is 5.26 Å². The zero-order valence-electron chi connectivity index (χ0n) is 11.9. The van der Waals surface area contributed by atoms with Gasteiger partial charge in [0.25, 0.3) is 0 Å². The van der Waals surface area contributed by atoms with Crippen molar-refractivity contribution in [3.05, 3.63) is 0 Å². The average molecular weight is 237 g/mol. The minimum absolute atomic E-state index is 0.197. The Labute approximate surface area is 106 Å². The number of likely N-dealkylation sites (tertiary alicyclic amines) is 1. The molecule has 0 N–H and O–H groups in total. The smallest absolute Gasteiger partial charge is 0.111 e. The molecule has 0 aliphatic carbocycles. The van der Waals surface area contributed by atoms with E-state index in [0.717, 1.165) is 44.9 Å². The Kier molecular flexibility index (Phi) is 5.42. The van der Waals surface area contributed by atoms with Crippen LogP contribution in [0.2, 0.25) is 0 Å². The van der Waals surface area contributed by atoms with Crippen LogP contribution in [0.5, 0.6) is 0 Å². The number of hydrogen-bond acceptors (Lipinski definition) is 3. The molecule has 0 amide bonds. The van der Waals surface area contributed by atoms with Gasteiger partial charge in [0.15, 0.2) is 0 Å². The number of rotatable bonds is 5. The number of nitriles is 1. The van der Waals surface area contributed by atoms with Crippen LogP contribution < -0.4 is 0 Å². The largest absolute Gasteiger partial charge is 0.303 e. The van der Waals surface area contributed by atoms with E-state index in [0.29, 0.717) is 0 Å². The van der Waals surface area contributed by atoms with E-state index >= 15 is 0 Å². The van der Waals surface area contributed by atoms with Crippen molar-refractivity contribution in [3.63, 3.8) is 0 Å². The Balaban J connectivity index is 2.60. The first-order valence-electron chi connectivity index (χ1n) is 6.96. The molecule has 98 valence electrons. The summed E-state index contributed by atoms with van der Waals surface area (Å²) in [5, 5.41) is 9.53. The van der Waals surface area contributed by atoms with E-state index in [4.69, 9.17) is 0 Å². The molecule has 1 fully saturated rings. The lowest BCUT2D eigenvalue weighted by molar-refractivity contribution is 0.0638. The highest BCUT2D eigenvalue weighted by atomic mass is 15.2. The topological polar surface area (TPSA) is 30.3 Å². The van der Waals surface area contributed by atoms with E-state index in [2.05, 4.69) is 43.6 Å². The van der Waals surface area contributed by atoms with Crippen LogP contribution in [0, 0.1) is 17.2 Å². The molecule has 3 heteroatoms. The lowest BCUT2D eigenvalue weighted by atomic mass is 9.86. The molecule has 0 bridgehead atoms. The number of nitrogens with zero attached hydrogens (tertiary/aromatic N) is 3. The van der Waals surface area contributed by atoms with Crippen LogP contribution in [0.3, 0.4) is 0 Å². The summed E-state index contributed by atoms with van der Waals surface area (Å²) < 4.78 is 0. The van der Waals surface area contributed by atoms with Gasteiger partial charge in [-0.05, 0) is 31.8 Å². The molecule has 0 saturated carbocycles. The minimum atomic E-state index is -0.197. The number of hydrogen-bond donors (Lipinski definition) is 0. The average Bonchev–Trinajstić information content (AvgIpc) is 2.32. The SMILES string of the molecule is CCN(CC)C1(C#N)CCN(CC(C)C)CC1. The van der Waals surface area contributed by atoms with Crippen molar-refractivity contribution < 1.29 is 0 Å². The fourth-order valence-corrected chi connectivity index (χ4v) is 2.95. The summed E-state index contributed by atoms with van der Waals surface area (Å²) >= 11 is 0.